The van der Waals surface area contributed by atoms with E-state index in [0.717, 1.165) is 0 Å². The molecule has 1 aromatic rings. The van der Waals surface area contributed by atoms with Gasteiger partial charge >= 0.3 is 0 Å². The number of nitrogens with zero attached hydrogens (tertiary/aromatic N) is 1. The number of hydrogen-bond acceptors (Lipinski definition) is 3. The van der Waals surface area contributed by atoms with Crippen LogP contribution in [-0.2, 0) is 9.59 Å². The molecular weight excluding hydrogens is 266 g/mol. The summed E-state index contributed by atoms with van der Waals surface area (Å²) in [5, 5.41) is 14.5. The fourth-order valence-corrected chi connectivity index (χ4v) is 1.75. The van der Waals surface area contributed by atoms with Gasteiger partial charge in [0, 0.05) is 6.54 Å². The molecule has 0 saturated heterocycles. The van der Waals surface area contributed by atoms with Crippen LogP contribution in [0.3, 0.4) is 0 Å². The summed E-state index contributed by atoms with van der Waals surface area (Å²) in [6, 6.07) is 10.1. The number of nitrogens with one attached hydrogen (secondary N) is 2. The van der Waals surface area contributed by atoms with Gasteiger partial charge in [0.1, 0.15) is 12.0 Å². The van der Waals surface area contributed by atoms with E-state index in [9.17, 15) is 9.59 Å². The molecule has 1 rings (SSSR count). The number of rotatable bonds is 6. The van der Waals surface area contributed by atoms with Crippen molar-refractivity contribution in [2.75, 3.05) is 6.54 Å². The lowest BCUT2D eigenvalue weighted by molar-refractivity contribution is -0.128. The standard InChI is InChI=1S/C16H21N3O2/c1-11(2)10-18-15(20)12(3)19-16(21)14(9-17)13-7-5-4-6-8-13/h4-8,11-12,14H,10H2,1-3H3,(H,18,20)(H,19,21). The summed E-state index contributed by atoms with van der Waals surface area (Å²) >= 11 is 0. The van der Waals surface area contributed by atoms with E-state index in [0.29, 0.717) is 18.0 Å². The Kier molecular flexibility index (Phi) is 6.41. The Morgan fingerprint density at radius 2 is 1.76 bits per heavy atom. The molecule has 0 spiro atoms. The highest BCUT2D eigenvalue weighted by atomic mass is 16.2. The van der Waals surface area contributed by atoms with Gasteiger partial charge in [0.25, 0.3) is 0 Å². The molecule has 0 heterocycles. The molecule has 112 valence electrons. The minimum atomic E-state index is -0.911. The third kappa shape index (κ3) is 5.27. The minimum absolute atomic E-state index is 0.248. The third-order valence-electron chi connectivity index (χ3n) is 2.96. The van der Waals surface area contributed by atoms with Crippen LogP contribution in [0, 0.1) is 17.2 Å². The second-order valence-electron chi connectivity index (χ2n) is 5.34. The summed E-state index contributed by atoms with van der Waals surface area (Å²) in [6.45, 7) is 6.14. The first-order chi connectivity index (χ1) is 9.95. The van der Waals surface area contributed by atoms with Gasteiger partial charge in [0.05, 0.1) is 6.07 Å². The van der Waals surface area contributed by atoms with Crippen LogP contribution in [0.1, 0.15) is 32.3 Å². The Hall–Kier alpha value is -2.35. The molecule has 2 amide bonds. The van der Waals surface area contributed by atoms with Crippen molar-refractivity contribution in [1.82, 2.24) is 10.6 Å². The molecule has 21 heavy (non-hydrogen) atoms. The van der Waals surface area contributed by atoms with E-state index in [2.05, 4.69) is 10.6 Å². The molecule has 2 unspecified atom stereocenters. The highest BCUT2D eigenvalue weighted by molar-refractivity contribution is 5.91. The summed E-state index contributed by atoms with van der Waals surface area (Å²) in [7, 11) is 0. The van der Waals surface area contributed by atoms with Crippen LogP contribution in [0.2, 0.25) is 0 Å². The van der Waals surface area contributed by atoms with Crippen LogP contribution in [0.5, 0.6) is 0 Å². The van der Waals surface area contributed by atoms with Gasteiger partial charge in [0.15, 0.2) is 0 Å². The molecule has 2 atom stereocenters. The van der Waals surface area contributed by atoms with Crippen molar-refractivity contribution in [3.05, 3.63) is 35.9 Å². The molecule has 0 saturated carbocycles. The van der Waals surface area contributed by atoms with Crippen LogP contribution >= 0.6 is 0 Å². The van der Waals surface area contributed by atoms with E-state index >= 15 is 0 Å². The number of carbonyl (C=O) groups is 2. The fraction of sp³-hybridized carbons (Fsp3) is 0.438. The second-order valence-corrected chi connectivity index (χ2v) is 5.34. The molecule has 0 aliphatic rings. The number of hydrogen-bond donors (Lipinski definition) is 2. The van der Waals surface area contributed by atoms with Crippen molar-refractivity contribution >= 4 is 11.8 Å². The van der Waals surface area contributed by atoms with Crippen molar-refractivity contribution in [2.24, 2.45) is 5.92 Å². The van der Waals surface area contributed by atoms with Gasteiger partial charge in [0.2, 0.25) is 11.8 Å². The Morgan fingerprint density at radius 1 is 1.14 bits per heavy atom. The first-order valence-corrected chi connectivity index (χ1v) is 6.98. The SMILES string of the molecule is CC(C)CNC(=O)C(C)NC(=O)C(C#N)c1ccccc1. The van der Waals surface area contributed by atoms with E-state index in [1.54, 1.807) is 31.2 Å². The van der Waals surface area contributed by atoms with Gasteiger partial charge in [-0.1, -0.05) is 44.2 Å². The maximum absolute atomic E-state index is 12.1. The van der Waals surface area contributed by atoms with E-state index in [-0.39, 0.29) is 5.91 Å². The van der Waals surface area contributed by atoms with Gasteiger partial charge in [-0.15, -0.1) is 0 Å². The largest absolute Gasteiger partial charge is 0.354 e. The lowest BCUT2D eigenvalue weighted by Crippen LogP contribution is -2.46. The van der Waals surface area contributed by atoms with E-state index in [1.807, 2.05) is 26.0 Å². The van der Waals surface area contributed by atoms with Crippen molar-refractivity contribution in [1.29, 1.82) is 5.26 Å². The molecule has 0 aliphatic heterocycles. The van der Waals surface area contributed by atoms with Crippen molar-refractivity contribution in [3.8, 4) is 6.07 Å². The molecule has 0 aromatic heterocycles. The van der Waals surface area contributed by atoms with E-state index < -0.39 is 17.9 Å². The Labute approximate surface area is 125 Å². The Bertz CT molecular complexity index is 520. The average Bonchev–Trinajstić information content (AvgIpc) is 2.46. The number of carbonyl (C=O) groups excluding carboxylic acids is 2. The number of benzene rings is 1. The zero-order valence-electron chi connectivity index (χ0n) is 12.6. The molecular formula is C16H21N3O2. The fourth-order valence-electron chi connectivity index (χ4n) is 1.75. The molecule has 0 fully saturated rings. The summed E-state index contributed by atoms with van der Waals surface area (Å²) in [6.07, 6.45) is 0. The minimum Gasteiger partial charge on any atom is -0.354 e. The van der Waals surface area contributed by atoms with Crippen LogP contribution in [0.25, 0.3) is 0 Å². The zero-order chi connectivity index (χ0) is 15.8. The highest BCUT2D eigenvalue weighted by Gasteiger charge is 2.23. The predicted molar refractivity (Wildman–Crippen MR) is 80.2 cm³/mol. The number of nitriles is 1. The van der Waals surface area contributed by atoms with Gasteiger partial charge in [-0.05, 0) is 18.4 Å². The molecule has 0 bridgehead atoms. The van der Waals surface area contributed by atoms with Crippen LogP contribution in [0.15, 0.2) is 30.3 Å². The normalized spacial score (nSPS) is 13.1. The summed E-state index contributed by atoms with van der Waals surface area (Å²) in [5.74, 6) is -1.28. The smallest absolute Gasteiger partial charge is 0.242 e. The monoisotopic (exact) mass is 287 g/mol. The molecule has 0 radical (unpaired) electrons. The summed E-state index contributed by atoms with van der Waals surface area (Å²) in [4.78, 5) is 23.9. The summed E-state index contributed by atoms with van der Waals surface area (Å²) in [5.41, 5.74) is 0.618. The lowest BCUT2D eigenvalue weighted by Gasteiger charge is -2.17. The van der Waals surface area contributed by atoms with Gasteiger partial charge < -0.3 is 10.6 Å². The maximum Gasteiger partial charge on any atom is 0.242 e. The van der Waals surface area contributed by atoms with Gasteiger partial charge in [-0.3, -0.25) is 9.59 Å². The average molecular weight is 287 g/mol. The van der Waals surface area contributed by atoms with Crippen LogP contribution in [-0.4, -0.2) is 24.4 Å². The molecule has 1 aromatic carbocycles. The van der Waals surface area contributed by atoms with Gasteiger partial charge in [-0.2, -0.15) is 5.26 Å². The Balaban J connectivity index is 2.63. The topological polar surface area (TPSA) is 82.0 Å². The van der Waals surface area contributed by atoms with E-state index in [4.69, 9.17) is 5.26 Å². The molecule has 5 heteroatoms. The Morgan fingerprint density at radius 3 is 2.29 bits per heavy atom. The maximum atomic E-state index is 12.1. The third-order valence-corrected chi connectivity index (χ3v) is 2.96. The number of amides is 2. The van der Waals surface area contributed by atoms with Crippen molar-refractivity contribution < 1.29 is 9.59 Å². The molecule has 0 aliphatic carbocycles. The van der Waals surface area contributed by atoms with Gasteiger partial charge in [-0.25, -0.2) is 0 Å². The van der Waals surface area contributed by atoms with Crippen molar-refractivity contribution in [3.63, 3.8) is 0 Å². The molecule has 5 nitrogen and oxygen atoms in total. The first-order valence-electron chi connectivity index (χ1n) is 6.98. The van der Waals surface area contributed by atoms with E-state index in [1.165, 1.54) is 0 Å². The lowest BCUT2D eigenvalue weighted by atomic mass is 9.99. The summed E-state index contributed by atoms with van der Waals surface area (Å²) < 4.78 is 0. The highest BCUT2D eigenvalue weighted by Crippen LogP contribution is 2.14. The second kappa shape index (κ2) is 8.05. The first kappa shape index (κ1) is 16.7. The van der Waals surface area contributed by atoms with Crippen LogP contribution in [0.4, 0.5) is 0 Å². The van der Waals surface area contributed by atoms with Crippen molar-refractivity contribution in [2.45, 2.75) is 32.7 Å². The molecule has 2 N–H and O–H groups in total. The predicted octanol–water partition coefficient (Wildman–Crippen LogP) is 1.57. The van der Waals surface area contributed by atoms with Crippen LogP contribution < -0.4 is 10.6 Å². The zero-order valence-corrected chi connectivity index (χ0v) is 12.6. The quantitative estimate of drug-likeness (QED) is 0.833.